The summed E-state index contributed by atoms with van der Waals surface area (Å²) in [6.07, 6.45) is 1.71. The lowest BCUT2D eigenvalue weighted by molar-refractivity contribution is 0.613. The van der Waals surface area contributed by atoms with Crippen LogP contribution in [0.4, 0.5) is 15.8 Å². The summed E-state index contributed by atoms with van der Waals surface area (Å²) in [5.41, 5.74) is 8.82. The molecule has 3 rings (SSSR count). The van der Waals surface area contributed by atoms with E-state index in [1.165, 1.54) is 6.07 Å². The van der Waals surface area contributed by atoms with Crippen molar-refractivity contribution >= 4 is 22.3 Å². The van der Waals surface area contributed by atoms with E-state index in [2.05, 4.69) is 10.3 Å². The maximum atomic E-state index is 13.6. The Morgan fingerprint density at radius 1 is 1.05 bits per heavy atom. The quantitative estimate of drug-likeness (QED) is 0.713. The first kappa shape index (κ1) is 12.4. The second-order valence-corrected chi connectivity index (χ2v) is 4.55. The molecular formula is C16H14FN3. The number of benzene rings is 2. The minimum absolute atomic E-state index is 0.210. The summed E-state index contributed by atoms with van der Waals surface area (Å²) in [4.78, 5) is 4.27. The summed E-state index contributed by atoms with van der Waals surface area (Å²) in [5.74, 6) is -0.210. The van der Waals surface area contributed by atoms with Crippen LogP contribution in [0.5, 0.6) is 0 Å². The van der Waals surface area contributed by atoms with Gasteiger partial charge in [-0.05, 0) is 30.3 Å². The van der Waals surface area contributed by atoms with Crippen LogP contribution in [-0.4, -0.2) is 4.98 Å². The molecule has 0 unspecified atom stereocenters. The van der Waals surface area contributed by atoms with Crippen LogP contribution in [0.1, 0.15) is 5.56 Å². The fourth-order valence-electron chi connectivity index (χ4n) is 2.18. The van der Waals surface area contributed by atoms with Crippen molar-refractivity contribution in [2.75, 3.05) is 11.1 Å². The van der Waals surface area contributed by atoms with Gasteiger partial charge in [-0.25, -0.2) is 4.39 Å². The van der Waals surface area contributed by atoms with Crippen molar-refractivity contribution in [3.05, 3.63) is 66.1 Å². The summed E-state index contributed by atoms with van der Waals surface area (Å²) >= 11 is 0. The number of aromatic nitrogens is 1. The van der Waals surface area contributed by atoms with E-state index in [4.69, 9.17) is 5.73 Å². The maximum absolute atomic E-state index is 13.6. The Balaban J connectivity index is 1.92. The van der Waals surface area contributed by atoms with Crippen molar-refractivity contribution in [2.45, 2.75) is 6.54 Å². The van der Waals surface area contributed by atoms with Gasteiger partial charge in [-0.3, -0.25) is 4.98 Å². The van der Waals surface area contributed by atoms with Gasteiger partial charge in [-0.1, -0.05) is 18.2 Å². The topological polar surface area (TPSA) is 50.9 Å². The Labute approximate surface area is 116 Å². The number of hydrogen-bond acceptors (Lipinski definition) is 3. The number of rotatable bonds is 3. The molecule has 100 valence electrons. The number of halogens is 1. The number of nitrogens with zero attached hydrogens (tertiary/aromatic N) is 1. The van der Waals surface area contributed by atoms with Gasteiger partial charge in [0.1, 0.15) is 5.82 Å². The first-order valence-electron chi connectivity index (χ1n) is 6.36. The van der Waals surface area contributed by atoms with E-state index in [-0.39, 0.29) is 5.82 Å². The predicted molar refractivity (Wildman–Crippen MR) is 79.9 cm³/mol. The van der Waals surface area contributed by atoms with Gasteiger partial charge in [-0.2, -0.15) is 0 Å². The Morgan fingerprint density at radius 3 is 2.75 bits per heavy atom. The first-order chi connectivity index (χ1) is 9.75. The highest BCUT2D eigenvalue weighted by atomic mass is 19.1. The molecule has 0 aliphatic heterocycles. The second kappa shape index (κ2) is 5.17. The molecule has 2 aromatic carbocycles. The normalized spacial score (nSPS) is 10.7. The van der Waals surface area contributed by atoms with E-state index in [9.17, 15) is 4.39 Å². The minimum atomic E-state index is -0.210. The van der Waals surface area contributed by atoms with Gasteiger partial charge in [0.05, 0.1) is 11.2 Å². The zero-order valence-electron chi connectivity index (χ0n) is 10.8. The van der Waals surface area contributed by atoms with Crippen LogP contribution in [0.2, 0.25) is 0 Å². The summed E-state index contributed by atoms with van der Waals surface area (Å²) in [7, 11) is 0. The molecule has 0 saturated heterocycles. The largest absolute Gasteiger partial charge is 0.397 e. The van der Waals surface area contributed by atoms with E-state index in [0.717, 1.165) is 16.6 Å². The average Bonchev–Trinajstić information content (AvgIpc) is 2.48. The number of nitrogen functional groups attached to an aromatic ring is 1. The Bertz CT molecular complexity index is 756. The van der Waals surface area contributed by atoms with Gasteiger partial charge in [0.25, 0.3) is 0 Å². The molecule has 20 heavy (non-hydrogen) atoms. The van der Waals surface area contributed by atoms with Crippen molar-refractivity contribution in [2.24, 2.45) is 0 Å². The predicted octanol–water partition coefficient (Wildman–Crippen LogP) is 3.57. The zero-order valence-corrected chi connectivity index (χ0v) is 10.8. The summed E-state index contributed by atoms with van der Waals surface area (Å²) in [6, 6.07) is 14.2. The molecule has 3 nitrogen and oxygen atoms in total. The maximum Gasteiger partial charge on any atom is 0.128 e. The van der Waals surface area contributed by atoms with Crippen molar-refractivity contribution in [1.82, 2.24) is 4.98 Å². The second-order valence-electron chi connectivity index (χ2n) is 4.55. The molecule has 0 amide bonds. The Hall–Kier alpha value is -2.62. The molecule has 3 aromatic rings. The molecule has 1 heterocycles. The highest BCUT2D eigenvalue weighted by Gasteiger charge is 2.06. The number of fused-ring (bicyclic) bond motifs is 1. The fourth-order valence-corrected chi connectivity index (χ4v) is 2.18. The minimum Gasteiger partial charge on any atom is -0.397 e. The number of nitrogens with one attached hydrogen (secondary N) is 1. The van der Waals surface area contributed by atoms with Crippen molar-refractivity contribution in [3.8, 4) is 0 Å². The molecule has 4 heteroatoms. The third kappa shape index (κ3) is 2.28. The Morgan fingerprint density at radius 2 is 1.90 bits per heavy atom. The van der Waals surface area contributed by atoms with Crippen LogP contribution < -0.4 is 11.1 Å². The first-order valence-corrected chi connectivity index (χ1v) is 6.36. The van der Waals surface area contributed by atoms with E-state index in [0.29, 0.717) is 17.8 Å². The van der Waals surface area contributed by atoms with Crippen molar-refractivity contribution in [1.29, 1.82) is 0 Å². The highest BCUT2D eigenvalue weighted by Crippen LogP contribution is 2.26. The summed E-state index contributed by atoms with van der Waals surface area (Å²) in [5, 5.41) is 4.17. The van der Waals surface area contributed by atoms with Crippen LogP contribution in [0, 0.1) is 5.82 Å². The van der Waals surface area contributed by atoms with Gasteiger partial charge < -0.3 is 11.1 Å². The summed E-state index contributed by atoms with van der Waals surface area (Å²) in [6.45, 7) is 0.417. The number of nitrogens with two attached hydrogens (primary N) is 1. The van der Waals surface area contributed by atoms with Gasteiger partial charge in [0.2, 0.25) is 0 Å². The zero-order chi connectivity index (χ0) is 13.9. The monoisotopic (exact) mass is 267 g/mol. The lowest BCUT2D eigenvalue weighted by Crippen LogP contribution is -2.03. The average molecular weight is 267 g/mol. The molecule has 1 aromatic heterocycles. The molecular weight excluding hydrogens is 253 g/mol. The third-order valence-electron chi connectivity index (χ3n) is 3.23. The number of anilines is 2. The Kier molecular flexibility index (Phi) is 3.21. The van der Waals surface area contributed by atoms with E-state index < -0.39 is 0 Å². The molecule has 0 spiro atoms. The molecule has 0 atom stereocenters. The van der Waals surface area contributed by atoms with E-state index in [1.54, 1.807) is 24.4 Å². The van der Waals surface area contributed by atoms with Gasteiger partial charge in [0, 0.05) is 29.4 Å². The van der Waals surface area contributed by atoms with E-state index in [1.807, 2.05) is 24.3 Å². The third-order valence-corrected chi connectivity index (χ3v) is 3.23. The lowest BCUT2D eigenvalue weighted by atomic mass is 10.1. The standard InChI is InChI=1S/C16H14FN3/c17-13-6-2-1-4-11(13)10-20-15-8-7-14(18)16-12(15)5-3-9-19-16/h1-9,20H,10,18H2. The highest BCUT2D eigenvalue weighted by molar-refractivity contribution is 5.98. The molecule has 0 aliphatic carbocycles. The SMILES string of the molecule is Nc1ccc(NCc2ccccc2F)c2cccnc12. The van der Waals surface area contributed by atoms with Crippen LogP contribution >= 0.6 is 0 Å². The molecule has 0 saturated carbocycles. The lowest BCUT2D eigenvalue weighted by Gasteiger charge is -2.11. The van der Waals surface area contributed by atoms with Gasteiger partial charge in [0.15, 0.2) is 0 Å². The van der Waals surface area contributed by atoms with Crippen molar-refractivity contribution < 1.29 is 4.39 Å². The molecule has 0 bridgehead atoms. The van der Waals surface area contributed by atoms with Crippen LogP contribution in [-0.2, 0) is 6.54 Å². The van der Waals surface area contributed by atoms with Crippen molar-refractivity contribution in [3.63, 3.8) is 0 Å². The summed E-state index contributed by atoms with van der Waals surface area (Å²) < 4.78 is 13.6. The molecule has 0 fully saturated rings. The van der Waals surface area contributed by atoms with E-state index >= 15 is 0 Å². The molecule has 0 aliphatic rings. The van der Waals surface area contributed by atoms with Crippen LogP contribution in [0.25, 0.3) is 10.9 Å². The fraction of sp³-hybridized carbons (Fsp3) is 0.0625. The van der Waals surface area contributed by atoms with Crippen LogP contribution in [0.15, 0.2) is 54.7 Å². The molecule has 3 N–H and O–H groups in total. The smallest absolute Gasteiger partial charge is 0.128 e. The number of hydrogen-bond donors (Lipinski definition) is 2. The van der Waals surface area contributed by atoms with Crippen LogP contribution in [0.3, 0.4) is 0 Å². The van der Waals surface area contributed by atoms with Gasteiger partial charge in [-0.15, -0.1) is 0 Å². The van der Waals surface area contributed by atoms with Gasteiger partial charge >= 0.3 is 0 Å². The molecule has 0 radical (unpaired) electrons. The number of pyridine rings is 1.